The molecule has 0 aliphatic carbocycles. The molecule has 0 nitrogen and oxygen atoms in total. The van der Waals surface area contributed by atoms with Crippen LogP contribution in [0.2, 0.25) is 0 Å². The molecule has 0 amide bonds. The zero-order valence-corrected chi connectivity index (χ0v) is 7.17. The van der Waals surface area contributed by atoms with Crippen molar-refractivity contribution >= 4 is 20.4 Å². The van der Waals surface area contributed by atoms with Gasteiger partial charge >= 0.3 is 52.5 Å². The Morgan fingerprint density at radius 1 is 1.25 bits per heavy atom. The number of hydrogen-bond donors (Lipinski definition) is 0. The fourth-order valence-electron chi connectivity index (χ4n) is 0. The predicted octanol–water partition coefficient (Wildman–Crippen LogP) is 1.29. The van der Waals surface area contributed by atoms with E-state index >= 15 is 0 Å². The van der Waals surface area contributed by atoms with E-state index in [2.05, 4.69) is 34.5 Å². The third kappa shape index (κ3) is 9.44. The minimum absolute atomic E-state index is 1.17. The summed E-state index contributed by atoms with van der Waals surface area (Å²) >= 11 is 4.31. The van der Waals surface area contributed by atoms with E-state index in [1.807, 2.05) is 0 Å². The molecule has 0 radical (unpaired) electrons. The molecule has 0 rings (SSSR count). The maximum atomic E-state index is 4.17. The van der Waals surface area contributed by atoms with Crippen LogP contribution in [0.4, 0.5) is 0 Å². The molecule has 0 atom stereocenters. The van der Waals surface area contributed by atoms with Crippen LogP contribution in [-0.4, -0.2) is 0 Å². The van der Waals surface area contributed by atoms with Crippen molar-refractivity contribution in [1.29, 1.82) is 0 Å². The van der Waals surface area contributed by atoms with Crippen LogP contribution in [0.3, 0.4) is 0 Å². The Hall–Kier alpha value is 1.63. The van der Waals surface area contributed by atoms with Crippen molar-refractivity contribution in [2.24, 2.45) is 0 Å². The van der Waals surface area contributed by atoms with Crippen molar-refractivity contribution in [3.8, 4) is 0 Å². The third-order valence-corrected chi connectivity index (χ3v) is 0. The molecule has 0 unspecified atom stereocenters. The van der Waals surface area contributed by atoms with Gasteiger partial charge < -0.3 is 0 Å². The van der Waals surface area contributed by atoms with Crippen LogP contribution in [0, 0.1) is 0 Å². The molecule has 0 aliphatic heterocycles. The van der Waals surface area contributed by atoms with E-state index < -0.39 is 0 Å². The first kappa shape index (κ1) is 9.16. The first-order chi connectivity index (χ1) is 2.00. The van der Waals surface area contributed by atoms with E-state index in [0.29, 0.717) is 0 Å². The molecular weight excluding hydrogens is 307 g/mol. The van der Waals surface area contributed by atoms with Crippen LogP contribution < -0.4 is 0 Å². The molecule has 0 fully saturated rings. The van der Waals surface area contributed by atoms with Gasteiger partial charge in [0.1, 0.15) is 0 Å². The quantitative estimate of drug-likeness (QED) is 0.661. The molecule has 0 spiro atoms. The van der Waals surface area contributed by atoms with Gasteiger partial charge in [-0.1, -0.05) is 0 Å². The third-order valence-electron chi connectivity index (χ3n) is 0. The molecule has 0 heterocycles. The average molecular weight is 307 g/mol. The number of hydrogen-bond acceptors (Lipinski definition) is 2. The summed E-state index contributed by atoms with van der Waals surface area (Å²) in [7, 11) is 7.94. The topological polar surface area (TPSA) is 0 Å². The van der Waals surface area contributed by atoms with Crippen LogP contribution in [-0.2, 0) is 32.1 Å². The van der Waals surface area contributed by atoms with Crippen molar-refractivity contribution in [2.45, 2.75) is 0 Å². The molecule has 0 aromatic rings. The van der Waals surface area contributed by atoms with Gasteiger partial charge in [0.15, 0.2) is 0 Å². The van der Waals surface area contributed by atoms with E-state index in [-0.39, 0.29) is 0 Å². The van der Waals surface area contributed by atoms with Crippen LogP contribution in [0.1, 0.15) is 0 Å². The number of rotatable bonds is 0. The Labute approximate surface area is 52.2 Å². The van der Waals surface area contributed by atoms with Crippen molar-refractivity contribution in [3.05, 3.63) is 0 Å². The van der Waals surface area contributed by atoms with Crippen LogP contribution in [0.25, 0.3) is 0 Å². The Morgan fingerprint density at radius 2 is 1.25 bits per heavy atom. The van der Waals surface area contributed by atoms with E-state index in [1.54, 1.807) is 0 Å². The molecule has 27 valence electrons. The van der Waals surface area contributed by atoms with Gasteiger partial charge in [0.05, 0.1) is 0 Å². The van der Waals surface area contributed by atoms with Crippen LogP contribution in [0.15, 0.2) is 0 Å². The summed E-state index contributed by atoms with van der Waals surface area (Å²) in [5.74, 6) is 0. The maximum absolute atomic E-state index is 4.17. The van der Waals surface area contributed by atoms with Gasteiger partial charge in [0.2, 0.25) is 0 Å². The van der Waals surface area contributed by atoms with Crippen molar-refractivity contribution < 1.29 is 32.1 Å². The molecule has 0 aromatic heterocycles. The predicted molar refractivity (Wildman–Crippen MR) is 15.2 cm³/mol. The summed E-state index contributed by atoms with van der Waals surface area (Å²) in [6.07, 6.45) is 0. The van der Waals surface area contributed by atoms with Gasteiger partial charge in [-0.25, -0.2) is 0 Å². The summed E-state index contributed by atoms with van der Waals surface area (Å²) in [5, 5.41) is 0. The second-order valence-corrected chi connectivity index (χ2v) is 0. The molecule has 0 aromatic carbocycles. The monoisotopic (exact) mass is 307 g/mol. The first-order valence-electron chi connectivity index (χ1n) is 0.303. The molecule has 0 saturated carbocycles. The van der Waals surface area contributed by atoms with E-state index in [4.69, 9.17) is 0 Å². The molecular formula is CoS2W. The second-order valence-electron chi connectivity index (χ2n) is 0. The van der Waals surface area contributed by atoms with Crippen molar-refractivity contribution in [2.75, 3.05) is 0 Å². The van der Waals surface area contributed by atoms with Gasteiger partial charge in [-0.15, -0.1) is 0 Å². The van der Waals surface area contributed by atoms with E-state index in [0.717, 1.165) is 0 Å². The molecule has 4 heteroatoms. The SMILES string of the molecule is [S]=[Co].[S]=[W]. The Kier molecular flexibility index (Phi) is 52.5. The van der Waals surface area contributed by atoms with Gasteiger partial charge in [-0.05, 0) is 0 Å². The van der Waals surface area contributed by atoms with Crippen LogP contribution in [0.5, 0.6) is 0 Å². The van der Waals surface area contributed by atoms with E-state index in [9.17, 15) is 0 Å². The Bertz CT molecular complexity index is 8.00. The molecule has 0 N–H and O–H groups in total. The normalized spacial score (nSPS) is 2.25. The first-order valence-corrected chi connectivity index (χ1v) is 5.78. The average Bonchev–Trinajstić information content (AvgIpc) is 1.50. The van der Waals surface area contributed by atoms with E-state index in [1.165, 1.54) is 18.0 Å². The summed E-state index contributed by atoms with van der Waals surface area (Å²) < 4.78 is 0. The summed E-state index contributed by atoms with van der Waals surface area (Å²) in [6.45, 7) is 0. The van der Waals surface area contributed by atoms with Gasteiger partial charge in [0.25, 0.3) is 0 Å². The fourth-order valence-corrected chi connectivity index (χ4v) is 0. The zero-order chi connectivity index (χ0) is 4.00. The van der Waals surface area contributed by atoms with Gasteiger partial charge in [-0.3, -0.25) is 0 Å². The standard InChI is InChI=1S/Co.2S.W. The van der Waals surface area contributed by atoms with Crippen molar-refractivity contribution in [3.63, 3.8) is 0 Å². The molecule has 0 bridgehead atoms. The summed E-state index contributed by atoms with van der Waals surface area (Å²) in [5.41, 5.74) is 0. The Balaban J connectivity index is 0. The zero-order valence-electron chi connectivity index (χ0n) is 1.56. The summed E-state index contributed by atoms with van der Waals surface area (Å²) in [6, 6.07) is 0. The van der Waals surface area contributed by atoms with Crippen molar-refractivity contribution in [1.82, 2.24) is 0 Å². The van der Waals surface area contributed by atoms with Crippen LogP contribution >= 0.6 is 20.4 Å². The fraction of sp³-hybridized carbons (Fsp3) is 0. The van der Waals surface area contributed by atoms with Gasteiger partial charge in [0, 0.05) is 0 Å². The minimum atomic E-state index is 1.17. The molecule has 0 aliphatic rings. The molecule has 0 saturated heterocycles. The molecule has 4 heavy (non-hydrogen) atoms. The van der Waals surface area contributed by atoms with Gasteiger partial charge in [-0.2, -0.15) is 0 Å². The second kappa shape index (κ2) is 22.9. The summed E-state index contributed by atoms with van der Waals surface area (Å²) in [4.78, 5) is 0. The Morgan fingerprint density at radius 3 is 1.25 bits per heavy atom.